The molecule has 0 atom stereocenters. The number of Topliss-reactive ketones (excluding diaryl/α,β-unsaturated/α-hetero) is 1. The van der Waals surface area contributed by atoms with Crippen molar-refractivity contribution in [2.24, 2.45) is 5.41 Å². The summed E-state index contributed by atoms with van der Waals surface area (Å²) in [5.74, 6) is -1.70. The molecule has 29 heavy (non-hydrogen) atoms. The molecule has 0 unspecified atom stereocenters. The van der Waals surface area contributed by atoms with Crippen LogP contribution in [0, 0.1) is 11.2 Å². The molecule has 1 aromatic heterocycles. The number of hydrogen-bond donors (Lipinski definition) is 2. The van der Waals surface area contributed by atoms with Crippen LogP contribution in [0.4, 0.5) is 35.0 Å². The Bertz CT molecular complexity index is 908. The number of methoxy groups -OCH3 is 1. The summed E-state index contributed by atoms with van der Waals surface area (Å²) in [5, 5.41) is 5.17. The third kappa shape index (κ3) is 5.12. The number of nitrogens with one attached hydrogen (secondary N) is 2. The average molecular weight is 414 g/mol. The lowest BCUT2D eigenvalue weighted by Crippen LogP contribution is -2.21. The molecule has 0 saturated carbocycles. The number of halogens is 4. The van der Waals surface area contributed by atoms with Crippen molar-refractivity contribution in [2.45, 2.75) is 33.9 Å². The van der Waals surface area contributed by atoms with Crippen LogP contribution < -0.4 is 15.4 Å². The molecule has 0 saturated heterocycles. The standard InChI is InChI=1S/C19H22F4N4O2/c1-6-24-16-11(19(21,22)23)9-25-17(27-16)26-13-8-12(20)10(7-14(13)29-5)15(28)18(2,3)4/h7-9H,6H2,1-5H3,(H2,24,25,26,27). The Labute approximate surface area is 165 Å². The number of benzene rings is 1. The third-order valence-electron chi connectivity index (χ3n) is 3.90. The fraction of sp³-hybridized carbons (Fsp3) is 0.421. The van der Waals surface area contributed by atoms with Crippen molar-refractivity contribution < 1.29 is 27.1 Å². The van der Waals surface area contributed by atoms with E-state index < -0.39 is 34.6 Å². The van der Waals surface area contributed by atoms with Crippen LogP contribution in [0.15, 0.2) is 18.3 Å². The van der Waals surface area contributed by atoms with E-state index in [1.54, 1.807) is 27.7 Å². The van der Waals surface area contributed by atoms with E-state index >= 15 is 0 Å². The van der Waals surface area contributed by atoms with Crippen LogP contribution in [0.2, 0.25) is 0 Å². The lowest BCUT2D eigenvalue weighted by atomic mass is 9.86. The lowest BCUT2D eigenvalue weighted by molar-refractivity contribution is -0.137. The molecule has 0 aliphatic rings. The van der Waals surface area contributed by atoms with Crippen LogP contribution in [0.3, 0.4) is 0 Å². The fourth-order valence-electron chi connectivity index (χ4n) is 2.47. The Morgan fingerprint density at radius 1 is 1.21 bits per heavy atom. The minimum atomic E-state index is -4.63. The highest BCUT2D eigenvalue weighted by Crippen LogP contribution is 2.36. The highest BCUT2D eigenvalue weighted by molar-refractivity contribution is 6.01. The normalized spacial score (nSPS) is 11.9. The van der Waals surface area contributed by atoms with Crippen LogP contribution in [-0.2, 0) is 6.18 Å². The number of ether oxygens (including phenoxy) is 1. The number of alkyl halides is 3. The zero-order chi connectivity index (χ0) is 22.0. The fourth-order valence-corrected chi connectivity index (χ4v) is 2.47. The summed E-state index contributed by atoms with van der Waals surface area (Å²) < 4.78 is 59.0. The van der Waals surface area contributed by atoms with E-state index in [0.29, 0.717) is 6.20 Å². The van der Waals surface area contributed by atoms with E-state index in [1.165, 1.54) is 13.2 Å². The first-order valence-corrected chi connectivity index (χ1v) is 8.76. The third-order valence-corrected chi connectivity index (χ3v) is 3.90. The number of nitrogens with zero attached hydrogens (tertiary/aromatic N) is 2. The Kier molecular flexibility index (Phi) is 6.34. The van der Waals surface area contributed by atoms with Gasteiger partial charge in [-0.05, 0) is 13.0 Å². The maximum absolute atomic E-state index is 14.6. The highest BCUT2D eigenvalue weighted by Gasteiger charge is 2.35. The topological polar surface area (TPSA) is 76.1 Å². The molecule has 2 N–H and O–H groups in total. The van der Waals surface area contributed by atoms with E-state index in [0.717, 1.165) is 6.07 Å². The number of anilines is 3. The van der Waals surface area contributed by atoms with Gasteiger partial charge in [0.15, 0.2) is 5.78 Å². The summed E-state index contributed by atoms with van der Waals surface area (Å²) >= 11 is 0. The van der Waals surface area contributed by atoms with E-state index in [-0.39, 0.29) is 29.5 Å². The van der Waals surface area contributed by atoms with Crippen molar-refractivity contribution in [2.75, 3.05) is 24.3 Å². The van der Waals surface area contributed by atoms with Crippen molar-refractivity contribution >= 4 is 23.2 Å². The predicted octanol–water partition coefficient (Wildman–Crippen LogP) is 5.05. The summed E-state index contributed by atoms with van der Waals surface area (Å²) in [5.41, 5.74) is -1.91. The van der Waals surface area contributed by atoms with E-state index in [1.807, 2.05) is 0 Å². The van der Waals surface area contributed by atoms with Gasteiger partial charge in [-0.25, -0.2) is 9.37 Å². The zero-order valence-corrected chi connectivity index (χ0v) is 16.7. The molecule has 0 spiro atoms. The Hall–Kier alpha value is -2.91. The number of ketones is 1. The number of hydrogen-bond acceptors (Lipinski definition) is 6. The highest BCUT2D eigenvalue weighted by atomic mass is 19.4. The van der Waals surface area contributed by atoms with Crippen molar-refractivity contribution in [3.05, 3.63) is 35.3 Å². The summed E-state index contributed by atoms with van der Waals surface area (Å²) in [6.45, 7) is 6.81. The van der Waals surface area contributed by atoms with Gasteiger partial charge in [0.25, 0.3) is 0 Å². The molecule has 0 aliphatic heterocycles. The summed E-state index contributed by atoms with van der Waals surface area (Å²) in [4.78, 5) is 19.9. The molecular weight excluding hydrogens is 392 g/mol. The minimum Gasteiger partial charge on any atom is -0.495 e. The van der Waals surface area contributed by atoms with Gasteiger partial charge in [0, 0.05) is 24.2 Å². The van der Waals surface area contributed by atoms with Crippen LogP contribution in [0.25, 0.3) is 0 Å². The molecule has 2 rings (SSSR count). The molecule has 158 valence electrons. The number of carbonyl (C=O) groups is 1. The zero-order valence-electron chi connectivity index (χ0n) is 16.7. The first-order chi connectivity index (χ1) is 13.4. The van der Waals surface area contributed by atoms with Gasteiger partial charge in [-0.15, -0.1) is 0 Å². The Morgan fingerprint density at radius 3 is 2.38 bits per heavy atom. The quantitative estimate of drug-likeness (QED) is 0.509. The second-order valence-electron chi connectivity index (χ2n) is 7.22. The molecule has 0 amide bonds. The van der Waals surface area contributed by atoms with Gasteiger partial charge in [-0.2, -0.15) is 18.2 Å². The number of rotatable bonds is 6. The predicted molar refractivity (Wildman–Crippen MR) is 101 cm³/mol. The molecule has 1 heterocycles. The molecule has 0 fully saturated rings. The Morgan fingerprint density at radius 2 is 1.86 bits per heavy atom. The molecule has 6 nitrogen and oxygen atoms in total. The van der Waals surface area contributed by atoms with Gasteiger partial charge < -0.3 is 15.4 Å². The monoisotopic (exact) mass is 414 g/mol. The molecule has 0 radical (unpaired) electrons. The maximum atomic E-state index is 14.6. The van der Waals surface area contributed by atoms with Gasteiger partial charge in [-0.1, -0.05) is 20.8 Å². The second-order valence-corrected chi connectivity index (χ2v) is 7.22. The number of carbonyl (C=O) groups excluding carboxylic acids is 1. The van der Waals surface area contributed by atoms with Crippen molar-refractivity contribution in [3.8, 4) is 5.75 Å². The van der Waals surface area contributed by atoms with Crippen LogP contribution in [0.5, 0.6) is 5.75 Å². The van der Waals surface area contributed by atoms with Gasteiger partial charge in [0.1, 0.15) is 22.9 Å². The van der Waals surface area contributed by atoms with Crippen molar-refractivity contribution in [1.29, 1.82) is 0 Å². The van der Waals surface area contributed by atoms with Gasteiger partial charge >= 0.3 is 6.18 Å². The van der Waals surface area contributed by atoms with Crippen LogP contribution >= 0.6 is 0 Å². The summed E-state index contributed by atoms with van der Waals surface area (Å²) in [6, 6.07) is 2.26. The van der Waals surface area contributed by atoms with E-state index in [2.05, 4.69) is 20.6 Å². The summed E-state index contributed by atoms with van der Waals surface area (Å²) in [6.07, 6.45) is -4.00. The molecule has 1 aromatic carbocycles. The summed E-state index contributed by atoms with van der Waals surface area (Å²) in [7, 11) is 1.32. The number of aromatic nitrogens is 2. The molecule has 0 bridgehead atoms. The molecule has 2 aromatic rings. The van der Waals surface area contributed by atoms with E-state index in [9.17, 15) is 22.4 Å². The molecule has 0 aliphatic carbocycles. The van der Waals surface area contributed by atoms with Gasteiger partial charge in [0.2, 0.25) is 5.95 Å². The minimum absolute atomic E-state index is 0.0673. The first kappa shape index (κ1) is 22.4. The van der Waals surface area contributed by atoms with Gasteiger partial charge in [0.05, 0.1) is 18.4 Å². The van der Waals surface area contributed by atoms with Crippen molar-refractivity contribution in [1.82, 2.24) is 9.97 Å². The van der Waals surface area contributed by atoms with Crippen LogP contribution in [0.1, 0.15) is 43.6 Å². The SMILES string of the molecule is CCNc1nc(Nc2cc(F)c(C(=O)C(C)(C)C)cc2OC)ncc1C(F)(F)F. The first-order valence-electron chi connectivity index (χ1n) is 8.76. The Balaban J connectivity index is 2.45. The van der Waals surface area contributed by atoms with Gasteiger partial charge in [-0.3, -0.25) is 4.79 Å². The second kappa shape index (κ2) is 8.22. The van der Waals surface area contributed by atoms with Crippen LogP contribution in [-0.4, -0.2) is 29.4 Å². The van der Waals surface area contributed by atoms with E-state index in [4.69, 9.17) is 4.74 Å². The largest absolute Gasteiger partial charge is 0.495 e. The maximum Gasteiger partial charge on any atom is 0.421 e. The average Bonchev–Trinajstić information content (AvgIpc) is 2.60. The molecule has 10 heteroatoms. The molecular formula is C19H22F4N4O2. The lowest BCUT2D eigenvalue weighted by Gasteiger charge is -2.19. The smallest absolute Gasteiger partial charge is 0.421 e. The van der Waals surface area contributed by atoms with Crippen molar-refractivity contribution in [3.63, 3.8) is 0 Å².